The highest BCUT2D eigenvalue weighted by atomic mass is 16.4. The van der Waals surface area contributed by atoms with E-state index in [2.05, 4.69) is 10.3 Å². The Kier molecular flexibility index (Phi) is 1.18. The molecule has 0 aliphatic carbocycles. The number of aromatic nitrogens is 3. The molecule has 0 unspecified atom stereocenters. The second-order valence-electron chi connectivity index (χ2n) is 1.54. The van der Waals surface area contributed by atoms with Crippen molar-refractivity contribution >= 4 is 5.97 Å². The summed E-state index contributed by atoms with van der Waals surface area (Å²) in [6.45, 7) is 1.08. The average molecular weight is 127 g/mol. The Morgan fingerprint density at radius 2 is 2.33 bits per heavy atom. The third-order valence-electron chi connectivity index (χ3n) is 0.648. The number of carbonyl (C=O) groups is 1. The molecule has 0 aromatic carbocycles. The summed E-state index contributed by atoms with van der Waals surface area (Å²) in [7, 11) is 0. The smallest absolute Gasteiger partial charge is 0.300 e. The minimum Gasteiger partial charge on any atom is -0.481 e. The second kappa shape index (κ2) is 1.85. The molecule has 0 spiro atoms. The molecule has 1 N–H and O–H groups in total. The van der Waals surface area contributed by atoms with Gasteiger partial charge in [0.05, 0.1) is 6.20 Å². The maximum Gasteiger partial charge on any atom is 0.300 e. The molecule has 5 nitrogen and oxygen atoms in total. The van der Waals surface area contributed by atoms with Gasteiger partial charge in [-0.05, 0) is 0 Å². The Labute approximate surface area is 50.9 Å². The van der Waals surface area contributed by atoms with Crippen molar-refractivity contribution in [1.82, 2.24) is 15.0 Å². The lowest BCUT2D eigenvalue weighted by atomic mass is 10.9. The van der Waals surface area contributed by atoms with Crippen LogP contribution >= 0.6 is 0 Å². The Morgan fingerprint density at radius 3 is 2.33 bits per heavy atom. The van der Waals surface area contributed by atoms with Gasteiger partial charge in [0.25, 0.3) is 5.97 Å². The lowest BCUT2D eigenvalue weighted by molar-refractivity contribution is -0.134. The van der Waals surface area contributed by atoms with Gasteiger partial charge in [-0.2, -0.15) is 4.68 Å². The Bertz CT molecular complexity index is 201. The first-order chi connectivity index (χ1) is 4.20. The SMILES string of the molecule is CC(=O)O.c1c2nnn1-2. The Balaban J connectivity index is 0.0000000945. The highest BCUT2D eigenvalue weighted by molar-refractivity contribution is 5.62. The summed E-state index contributed by atoms with van der Waals surface area (Å²) < 4.78 is 1.72. The van der Waals surface area contributed by atoms with E-state index in [0.29, 0.717) is 0 Å². The monoisotopic (exact) mass is 127 g/mol. The summed E-state index contributed by atoms with van der Waals surface area (Å²) in [5.41, 5.74) is 0. The first-order valence-corrected chi connectivity index (χ1v) is 2.32. The number of carboxylic acids is 1. The number of rotatable bonds is 0. The van der Waals surface area contributed by atoms with Crippen LogP contribution in [0.2, 0.25) is 0 Å². The van der Waals surface area contributed by atoms with Crippen LogP contribution in [0.4, 0.5) is 0 Å². The molecular weight excluding hydrogens is 122 g/mol. The standard InChI is InChI=1S/C2HN3.C2H4O2/c1-2-3-4-5(1)2;1-2(3)4/h1H;1H3,(H,3,4). The van der Waals surface area contributed by atoms with Crippen molar-refractivity contribution in [2.75, 3.05) is 0 Å². The van der Waals surface area contributed by atoms with Gasteiger partial charge in [0, 0.05) is 6.92 Å². The second-order valence-corrected chi connectivity index (χ2v) is 1.54. The zero-order valence-electron chi connectivity index (χ0n) is 4.77. The molecule has 5 heteroatoms. The maximum absolute atomic E-state index is 9.00. The maximum atomic E-state index is 9.00. The number of aliphatic carboxylic acids is 1. The van der Waals surface area contributed by atoms with E-state index in [-0.39, 0.29) is 0 Å². The molecule has 0 amide bonds. The molecule has 0 saturated heterocycles. The van der Waals surface area contributed by atoms with Gasteiger partial charge in [-0.15, -0.1) is 5.10 Å². The van der Waals surface area contributed by atoms with E-state index in [0.717, 1.165) is 12.7 Å². The number of fused-ring (bicyclic) bond motifs is 1. The minimum absolute atomic E-state index is 0.833. The molecule has 2 rings (SSSR count). The van der Waals surface area contributed by atoms with Gasteiger partial charge < -0.3 is 5.11 Å². The molecule has 9 heavy (non-hydrogen) atoms. The number of hydrogen-bond donors (Lipinski definition) is 1. The van der Waals surface area contributed by atoms with Gasteiger partial charge in [-0.3, -0.25) is 4.79 Å². The molecule has 0 aromatic heterocycles. The molecule has 0 aromatic rings. The summed E-state index contributed by atoms with van der Waals surface area (Å²) in [6.07, 6.45) is 1.86. The molecule has 48 valence electrons. The van der Waals surface area contributed by atoms with E-state index in [9.17, 15) is 0 Å². The highest BCUT2D eigenvalue weighted by Gasteiger charge is 2.14. The van der Waals surface area contributed by atoms with Crippen LogP contribution in [-0.2, 0) is 4.79 Å². The fraction of sp³-hybridized carbons (Fsp3) is 0.250. The number of hydrogen-bond acceptors (Lipinski definition) is 3. The molecule has 0 radical (unpaired) electrons. The van der Waals surface area contributed by atoms with Crippen LogP contribution in [0.5, 0.6) is 0 Å². The molecular formula is C4H5N3O2. The van der Waals surface area contributed by atoms with Crippen LogP contribution < -0.4 is 0 Å². The zero-order chi connectivity index (χ0) is 6.85. The highest BCUT2D eigenvalue weighted by Crippen LogP contribution is 2.10. The largest absolute Gasteiger partial charge is 0.481 e. The van der Waals surface area contributed by atoms with E-state index in [1.807, 2.05) is 6.20 Å². The van der Waals surface area contributed by atoms with Crippen LogP contribution in [-0.4, -0.2) is 26.1 Å². The predicted molar refractivity (Wildman–Crippen MR) is 28.2 cm³/mol. The van der Waals surface area contributed by atoms with Crippen LogP contribution in [0.3, 0.4) is 0 Å². The lowest BCUT2D eigenvalue weighted by Gasteiger charge is -1.78. The van der Waals surface area contributed by atoms with Gasteiger partial charge in [0.1, 0.15) is 0 Å². The Morgan fingerprint density at radius 1 is 1.89 bits per heavy atom. The zero-order valence-corrected chi connectivity index (χ0v) is 4.77. The summed E-state index contributed by atoms with van der Waals surface area (Å²) in [6, 6.07) is 0. The van der Waals surface area contributed by atoms with Crippen molar-refractivity contribution in [3.05, 3.63) is 6.20 Å². The molecule has 0 bridgehead atoms. The van der Waals surface area contributed by atoms with Crippen molar-refractivity contribution in [3.63, 3.8) is 0 Å². The van der Waals surface area contributed by atoms with E-state index < -0.39 is 5.97 Å². The van der Waals surface area contributed by atoms with Crippen LogP contribution in [0, 0.1) is 0 Å². The number of carboxylic acid groups (broad SMARTS) is 1. The molecule has 0 fully saturated rings. The fourth-order valence-corrected chi connectivity index (χ4v) is 0.280. The summed E-state index contributed by atoms with van der Waals surface area (Å²) >= 11 is 0. The summed E-state index contributed by atoms with van der Waals surface area (Å²) in [4.78, 5) is 9.00. The molecule has 0 saturated carbocycles. The van der Waals surface area contributed by atoms with Crippen LogP contribution in [0.25, 0.3) is 5.82 Å². The van der Waals surface area contributed by atoms with Gasteiger partial charge in [0.2, 0.25) is 0 Å². The summed E-state index contributed by atoms with van der Waals surface area (Å²) in [5, 5.41) is 14.5. The lowest BCUT2D eigenvalue weighted by Crippen LogP contribution is -1.92. The fourth-order valence-electron chi connectivity index (χ4n) is 0.280. The third kappa shape index (κ3) is 1.52. The van der Waals surface area contributed by atoms with Crippen molar-refractivity contribution in [2.45, 2.75) is 6.92 Å². The third-order valence-corrected chi connectivity index (χ3v) is 0.648. The van der Waals surface area contributed by atoms with E-state index in [1.165, 1.54) is 0 Å². The molecule has 0 atom stereocenters. The van der Waals surface area contributed by atoms with Crippen molar-refractivity contribution in [2.24, 2.45) is 0 Å². The number of nitrogens with zero attached hydrogens (tertiary/aromatic N) is 3. The summed E-state index contributed by atoms with van der Waals surface area (Å²) in [5.74, 6) is 0.185. The van der Waals surface area contributed by atoms with Crippen LogP contribution in [0.15, 0.2) is 6.20 Å². The normalized spacial score (nSPS) is 9.44. The van der Waals surface area contributed by atoms with E-state index in [4.69, 9.17) is 9.90 Å². The van der Waals surface area contributed by atoms with Gasteiger partial charge in [0.15, 0.2) is 5.82 Å². The first-order valence-electron chi connectivity index (χ1n) is 2.32. The quantitative estimate of drug-likeness (QED) is 0.526. The van der Waals surface area contributed by atoms with E-state index in [1.54, 1.807) is 4.68 Å². The van der Waals surface area contributed by atoms with Crippen molar-refractivity contribution < 1.29 is 9.90 Å². The molecule has 2 heterocycles. The molecule has 2 aliphatic heterocycles. The topological polar surface area (TPSA) is 68.0 Å². The minimum atomic E-state index is -0.833. The Hall–Kier alpha value is -1.39. The van der Waals surface area contributed by atoms with Gasteiger partial charge in [-0.1, -0.05) is 5.21 Å². The van der Waals surface area contributed by atoms with Crippen molar-refractivity contribution in [3.8, 4) is 5.82 Å². The molecule has 2 aliphatic rings. The van der Waals surface area contributed by atoms with Crippen LogP contribution in [0.1, 0.15) is 6.92 Å². The average Bonchev–Trinajstić information content (AvgIpc) is 2.10. The first kappa shape index (κ1) is 5.74. The van der Waals surface area contributed by atoms with Crippen molar-refractivity contribution in [1.29, 1.82) is 0 Å². The van der Waals surface area contributed by atoms with E-state index >= 15 is 0 Å². The van der Waals surface area contributed by atoms with Gasteiger partial charge in [-0.25, -0.2) is 0 Å². The van der Waals surface area contributed by atoms with Gasteiger partial charge >= 0.3 is 0 Å². The predicted octanol–water partition coefficient (Wildman–Crippen LogP) is -0.328.